The summed E-state index contributed by atoms with van der Waals surface area (Å²) in [5, 5.41) is 19.8. The summed E-state index contributed by atoms with van der Waals surface area (Å²) < 4.78 is 0. The van der Waals surface area contributed by atoms with E-state index in [0.29, 0.717) is 23.8 Å². The van der Waals surface area contributed by atoms with Gasteiger partial charge in [-0.25, -0.2) is 0 Å². The minimum Gasteiger partial charge on any atom is -0.392 e. The Morgan fingerprint density at radius 2 is 1.92 bits per heavy atom. The summed E-state index contributed by atoms with van der Waals surface area (Å²) in [6.07, 6.45) is 4.79. The zero-order chi connectivity index (χ0) is 18.7. The van der Waals surface area contributed by atoms with Gasteiger partial charge in [-0.1, -0.05) is 19.8 Å². The van der Waals surface area contributed by atoms with Gasteiger partial charge in [0.05, 0.1) is 6.10 Å². The number of anilines is 1. The maximum atomic E-state index is 12.4. The molecule has 0 bridgehead atoms. The summed E-state index contributed by atoms with van der Waals surface area (Å²) in [6, 6.07) is 7.35. The summed E-state index contributed by atoms with van der Waals surface area (Å²) >= 11 is 0. The van der Waals surface area contributed by atoms with Crippen LogP contribution >= 0.6 is 0 Å². The summed E-state index contributed by atoms with van der Waals surface area (Å²) in [4.78, 5) is 23.4. The third kappa shape index (κ3) is 4.07. The molecule has 1 aromatic rings. The lowest BCUT2D eigenvalue weighted by molar-refractivity contribution is -0.114. The first kappa shape index (κ1) is 18.9. The lowest BCUT2D eigenvalue weighted by atomic mass is 9.75. The number of aliphatic hydroxyl groups excluding tert-OH is 1. The second-order valence-corrected chi connectivity index (χ2v) is 7.89. The monoisotopic (exact) mass is 359 g/mol. The third-order valence-corrected chi connectivity index (χ3v) is 5.88. The van der Waals surface area contributed by atoms with Crippen molar-refractivity contribution >= 4 is 17.5 Å². The van der Waals surface area contributed by atoms with Gasteiger partial charge in [-0.2, -0.15) is 0 Å². The van der Waals surface area contributed by atoms with Crippen LogP contribution in [0.5, 0.6) is 0 Å². The van der Waals surface area contributed by atoms with Crippen molar-refractivity contribution in [3.05, 3.63) is 29.8 Å². The van der Waals surface area contributed by atoms with Crippen LogP contribution in [-0.4, -0.2) is 41.7 Å². The predicted molar refractivity (Wildman–Crippen MR) is 101 cm³/mol. The third-order valence-electron chi connectivity index (χ3n) is 5.88. The van der Waals surface area contributed by atoms with E-state index in [0.717, 1.165) is 32.1 Å². The van der Waals surface area contributed by atoms with Gasteiger partial charge in [0, 0.05) is 42.2 Å². The normalized spacial score (nSPS) is 31.0. The molecule has 6 heteroatoms. The highest BCUT2D eigenvalue weighted by Gasteiger charge is 2.48. The van der Waals surface area contributed by atoms with Gasteiger partial charge in [0.25, 0.3) is 5.91 Å². The summed E-state index contributed by atoms with van der Waals surface area (Å²) in [5.74, 6) is -0.263. The topological polar surface area (TPSA) is 90.5 Å². The summed E-state index contributed by atoms with van der Waals surface area (Å²) in [5.41, 5.74) is 1.14. The van der Waals surface area contributed by atoms with Gasteiger partial charge >= 0.3 is 0 Å². The standard InChI is InChI=1S/C20H29N3O3/c1-13(24)22-15-9-7-14(8-10-15)19(26)21-12-16-11-20(2)17(23-16)5-3-4-6-18(20)25/h7-10,16-18,23,25H,3-6,11-12H2,1-2H3,(H,21,26)(H,22,24)/t16-,17-,18+,20-/m1/s1. The molecule has 0 unspecified atom stereocenters. The van der Waals surface area contributed by atoms with Crippen LogP contribution in [0.15, 0.2) is 24.3 Å². The number of carbonyl (C=O) groups excluding carboxylic acids is 2. The van der Waals surface area contributed by atoms with Gasteiger partial charge in [0.15, 0.2) is 0 Å². The highest BCUT2D eigenvalue weighted by atomic mass is 16.3. The predicted octanol–water partition coefficient (Wildman–Crippen LogP) is 2.05. The number of nitrogens with one attached hydrogen (secondary N) is 3. The van der Waals surface area contributed by atoms with Crippen molar-refractivity contribution in [1.82, 2.24) is 10.6 Å². The van der Waals surface area contributed by atoms with Gasteiger partial charge < -0.3 is 21.1 Å². The second-order valence-electron chi connectivity index (χ2n) is 7.89. The first-order valence-electron chi connectivity index (χ1n) is 9.48. The van der Waals surface area contributed by atoms with Gasteiger partial charge in [-0.05, 0) is 43.5 Å². The van der Waals surface area contributed by atoms with E-state index in [4.69, 9.17) is 0 Å². The van der Waals surface area contributed by atoms with Crippen LogP contribution in [0, 0.1) is 5.41 Å². The average molecular weight is 359 g/mol. The van der Waals surface area contributed by atoms with Gasteiger partial charge in [0.2, 0.25) is 5.91 Å². The zero-order valence-corrected chi connectivity index (χ0v) is 15.5. The van der Waals surface area contributed by atoms with Crippen LogP contribution in [-0.2, 0) is 4.79 Å². The largest absolute Gasteiger partial charge is 0.392 e. The van der Waals surface area contributed by atoms with Gasteiger partial charge in [-0.3, -0.25) is 9.59 Å². The number of hydrogen-bond donors (Lipinski definition) is 4. The van der Waals surface area contributed by atoms with Crippen molar-refractivity contribution in [3.63, 3.8) is 0 Å². The molecule has 1 saturated carbocycles. The number of rotatable bonds is 4. The molecule has 26 heavy (non-hydrogen) atoms. The van der Waals surface area contributed by atoms with Crippen molar-refractivity contribution in [1.29, 1.82) is 0 Å². The van der Waals surface area contributed by atoms with Crippen LogP contribution < -0.4 is 16.0 Å². The molecule has 1 heterocycles. The Morgan fingerprint density at radius 1 is 1.23 bits per heavy atom. The Morgan fingerprint density at radius 3 is 2.62 bits per heavy atom. The molecule has 6 nitrogen and oxygen atoms in total. The molecule has 2 amide bonds. The van der Waals surface area contributed by atoms with E-state index >= 15 is 0 Å². The number of benzene rings is 1. The second kappa shape index (κ2) is 7.76. The SMILES string of the molecule is CC(=O)Nc1ccc(C(=O)NC[C@H]2C[C@@]3(C)[C@@H](O)CCCC[C@H]3N2)cc1. The zero-order valence-electron chi connectivity index (χ0n) is 15.5. The Balaban J connectivity index is 1.54. The molecule has 1 aliphatic carbocycles. The fourth-order valence-electron chi connectivity index (χ4n) is 4.36. The minimum absolute atomic E-state index is 0.105. The van der Waals surface area contributed by atoms with Crippen molar-refractivity contribution < 1.29 is 14.7 Å². The average Bonchev–Trinajstić information content (AvgIpc) is 2.87. The van der Waals surface area contributed by atoms with Gasteiger partial charge in [-0.15, -0.1) is 0 Å². The number of carbonyl (C=O) groups is 2. The first-order chi connectivity index (χ1) is 12.4. The van der Waals surface area contributed by atoms with Crippen molar-refractivity contribution in [2.75, 3.05) is 11.9 Å². The number of fused-ring (bicyclic) bond motifs is 1. The van der Waals surface area contributed by atoms with E-state index in [-0.39, 0.29) is 29.4 Å². The molecule has 1 saturated heterocycles. The van der Waals surface area contributed by atoms with E-state index in [2.05, 4.69) is 22.9 Å². The molecular weight excluding hydrogens is 330 g/mol. The fourth-order valence-corrected chi connectivity index (χ4v) is 4.36. The maximum Gasteiger partial charge on any atom is 0.251 e. The van der Waals surface area contributed by atoms with E-state index in [1.807, 2.05) is 0 Å². The van der Waals surface area contributed by atoms with Crippen molar-refractivity contribution in [2.24, 2.45) is 5.41 Å². The van der Waals surface area contributed by atoms with Crippen LogP contribution in [0.25, 0.3) is 0 Å². The first-order valence-corrected chi connectivity index (χ1v) is 9.48. The van der Waals surface area contributed by atoms with Crippen molar-refractivity contribution in [3.8, 4) is 0 Å². The molecule has 0 aromatic heterocycles. The van der Waals surface area contributed by atoms with E-state index in [1.165, 1.54) is 6.92 Å². The molecule has 0 spiro atoms. The lowest BCUT2D eigenvalue weighted by Crippen LogP contribution is -2.43. The van der Waals surface area contributed by atoms with Crippen molar-refractivity contribution in [2.45, 2.75) is 64.1 Å². The molecule has 3 rings (SSSR count). The Bertz CT molecular complexity index is 661. The van der Waals surface area contributed by atoms with Crippen LogP contribution in [0.1, 0.15) is 56.3 Å². The number of aliphatic hydroxyl groups is 1. The lowest BCUT2D eigenvalue weighted by Gasteiger charge is -2.33. The number of hydrogen-bond acceptors (Lipinski definition) is 4. The van der Waals surface area contributed by atoms with E-state index in [9.17, 15) is 14.7 Å². The highest BCUT2D eigenvalue weighted by molar-refractivity contribution is 5.95. The molecule has 1 aromatic carbocycles. The Labute approximate surface area is 154 Å². The Hall–Kier alpha value is -1.92. The van der Waals surface area contributed by atoms with E-state index < -0.39 is 0 Å². The Kier molecular flexibility index (Phi) is 5.63. The quantitative estimate of drug-likeness (QED) is 0.662. The maximum absolute atomic E-state index is 12.4. The molecule has 4 atom stereocenters. The summed E-state index contributed by atoms with van der Waals surface area (Å²) in [7, 11) is 0. The molecule has 142 valence electrons. The molecule has 4 N–H and O–H groups in total. The van der Waals surface area contributed by atoms with Crippen LogP contribution in [0.2, 0.25) is 0 Å². The van der Waals surface area contributed by atoms with Gasteiger partial charge in [0.1, 0.15) is 0 Å². The smallest absolute Gasteiger partial charge is 0.251 e. The molecule has 2 fully saturated rings. The molecule has 1 aliphatic heterocycles. The van der Waals surface area contributed by atoms with Crippen LogP contribution in [0.3, 0.4) is 0 Å². The minimum atomic E-state index is -0.274. The summed E-state index contributed by atoms with van der Waals surface area (Å²) in [6.45, 7) is 4.17. The molecule has 0 radical (unpaired) electrons. The number of amides is 2. The molecule has 2 aliphatic rings. The highest BCUT2D eigenvalue weighted by Crippen LogP contribution is 2.43. The molecular formula is C20H29N3O3. The fraction of sp³-hybridized carbons (Fsp3) is 0.600. The van der Waals surface area contributed by atoms with Crippen LogP contribution in [0.4, 0.5) is 5.69 Å². The van der Waals surface area contributed by atoms with E-state index in [1.54, 1.807) is 24.3 Å².